The van der Waals surface area contributed by atoms with Crippen LogP contribution in [0.2, 0.25) is 0 Å². The molecule has 4 N–H and O–H groups in total. The number of nitrogens with one attached hydrogen (secondary N) is 1. The molecule has 0 fully saturated rings. The molecule has 0 bridgehead atoms. The van der Waals surface area contributed by atoms with Gasteiger partial charge < -0.3 is 16.2 Å². The summed E-state index contributed by atoms with van der Waals surface area (Å²) in [6.07, 6.45) is -1.15. The lowest BCUT2D eigenvalue weighted by Crippen LogP contribution is -2.36. The Labute approximate surface area is 106 Å². The monoisotopic (exact) mass is 360 g/mol. The van der Waals surface area contributed by atoms with E-state index < -0.39 is 18.0 Å². The lowest BCUT2D eigenvalue weighted by molar-refractivity contribution is 0.0919. The van der Waals surface area contributed by atoms with Gasteiger partial charge in [-0.2, -0.15) is 0 Å². The van der Waals surface area contributed by atoms with Crippen molar-refractivity contribution >= 4 is 49.1 Å². The van der Waals surface area contributed by atoms with Crippen LogP contribution in [0.3, 0.4) is 0 Å². The third-order valence-corrected chi connectivity index (χ3v) is 4.81. The van der Waals surface area contributed by atoms with E-state index in [9.17, 15) is 9.18 Å². The number of rotatable bonds is 3. The SMILES string of the molecule is NC(O)CNC(=O)c1sc(Br)c(Br)c1F. The minimum atomic E-state index is -1.15. The predicted octanol–water partition coefficient (Wildman–Crippen LogP) is 1.42. The van der Waals surface area contributed by atoms with E-state index >= 15 is 0 Å². The maximum atomic E-state index is 13.4. The minimum absolute atomic E-state index is 0.0607. The van der Waals surface area contributed by atoms with E-state index in [1.165, 1.54) is 0 Å². The summed E-state index contributed by atoms with van der Waals surface area (Å²) in [5, 5.41) is 11.0. The van der Waals surface area contributed by atoms with Gasteiger partial charge in [-0.25, -0.2) is 4.39 Å². The first kappa shape index (κ1) is 13.0. The largest absolute Gasteiger partial charge is 0.377 e. The second-order valence-electron chi connectivity index (χ2n) is 2.61. The summed E-state index contributed by atoms with van der Waals surface area (Å²) in [7, 11) is 0. The van der Waals surface area contributed by atoms with E-state index in [4.69, 9.17) is 10.8 Å². The molecule has 0 saturated heterocycles. The molecule has 0 aromatic carbocycles. The van der Waals surface area contributed by atoms with Gasteiger partial charge in [-0.1, -0.05) is 0 Å². The van der Waals surface area contributed by atoms with Crippen molar-refractivity contribution in [3.8, 4) is 0 Å². The van der Waals surface area contributed by atoms with Crippen molar-refractivity contribution in [3.05, 3.63) is 19.0 Å². The second kappa shape index (κ2) is 5.35. The van der Waals surface area contributed by atoms with Crippen LogP contribution in [0.5, 0.6) is 0 Å². The van der Waals surface area contributed by atoms with Crippen molar-refractivity contribution in [2.45, 2.75) is 6.23 Å². The van der Waals surface area contributed by atoms with Crippen molar-refractivity contribution in [3.63, 3.8) is 0 Å². The topological polar surface area (TPSA) is 75.3 Å². The highest BCUT2D eigenvalue weighted by atomic mass is 79.9. The van der Waals surface area contributed by atoms with Crippen molar-refractivity contribution in [2.24, 2.45) is 5.73 Å². The quantitative estimate of drug-likeness (QED) is 0.713. The summed E-state index contributed by atoms with van der Waals surface area (Å²) in [5.41, 5.74) is 5.02. The van der Waals surface area contributed by atoms with E-state index in [1.54, 1.807) is 0 Å². The number of hydrogen-bond acceptors (Lipinski definition) is 4. The zero-order chi connectivity index (χ0) is 11.6. The summed E-state index contributed by atoms with van der Waals surface area (Å²) in [4.78, 5) is 11.3. The Bertz CT molecular complexity index is 383. The third-order valence-electron chi connectivity index (χ3n) is 1.43. The van der Waals surface area contributed by atoms with Gasteiger partial charge in [0.25, 0.3) is 5.91 Å². The summed E-state index contributed by atoms with van der Waals surface area (Å²) >= 11 is 7.04. The molecule has 0 aliphatic rings. The number of hydrogen-bond donors (Lipinski definition) is 3. The predicted molar refractivity (Wildman–Crippen MR) is 62.2 cm³/mol. The normalized spacial score (nSPS) is 12.6. The van der Waals surface area contributed by atoms with Crippen LogP contribution in [0.4, 0.5) is 4.39 Å². The third kappa shape index (κ3) is 3.22. The molecule has 1 rings (SSSR count). The Hall–Kier alpha value is -0.0200. The maximum absolute atomic E-state index is 13.4. The lowest BCUT2D eigenvalue weighted by Gasteiger charge is -2.05. The maximum Gasteiger partial charge on any atom is 0.264 e. The molecule has 0 radical (unpaired) electrons. The number of thiophene rings is 1. The fourth-order valence-electron chi connectivity index (χ4n) is 0.789. The molecule has 1 atom stereocenters. The van der Waals surface area contributed by atoms with Crippen molar-refractivity contribution < 1.29 is 14.3 Å². The average molecular weight is 362 g/mol. The fourth-order valence-corrected chi connectivity index (χ4v) is 2.74. The fraction of sp³-hybridized carbons (Fsp3) is 0.286. The zero-order valence-electron chi connectivity index (χ0n) is 7.26. The first-order chi connectivity index (χ1) is 6.93. The molecule has 15 heavy (non-hydrogen) atoms. The first-order valence-corrected chi connectivity index (χ1v) is 6.19. The van der Waals surface area contributed by atoms with E-state index in [2.05, 4.69) is 37.2 Å². The number of aliphatic hydroxyl groups is 1. The van der Waals surface area contributed by atoms with Crippen LogP contribution in [-0.4, -0.2) is 23.8 Å². The molecule has 0 spiro atoms. The Morgan fingerprint density at radius 1 is 1.67 bits per heavy atom. The molecule has 1 heterocycles. The molecule has 0 aliphatic heterocycles. The molecule has 84 valence electrons. The van der Waals surface area contributed by atoms with Gasteiger partial charge in [-0.15, -0.1) is 11.3 Å². The molecular formula is C7H7Br2FN2O2S. The highest BCUT2D eigenvalue weighted by Gasteiger charge is 2.20. The van der Waals surface area contributed by atoms with Gasteiger partial charge in [0, 0.05) is 0 Å². The summed E-state index contributed by atoms with van der Waals surface area (Å²) < 4.78 is 14.1. The molecular weight excluding hydrogens is 355 g/mol. The van der Waals surface area contributed by atoms with E-state index in [0.717, 1.165) is 11.3 Å². The molecule has 4 nitrogen and oxygen atoms in total. The van der Waals surface area contributed by atoms with Crippen molar-refractivity contribution in [2.75, 3.05) is 6.54 Å². The first-order valence-electron chi connectivity index (χ1n) is 3.78. The average Bonchev–Trinajstić information content (AvgIpc) is 2.42. The van der Waals surface area contributed by atoms with E-state index in [0.29, 0.717) is 3.79 Å². The number of aliphatic hydroxyl groups excluding tert-OH is 1. The van der Waals surface area contributed by atoms with Gasteiger partial charge in [-0.3, -0.25) is 4.79 Å². The van der Waals surface area contributed by atoms with Gasteiger partial charge in [0.1, 0.15) is 11.1 Å². The molecule has 1 amide bonds. The van der Waals surface area contributed by atoms with Crippen LogP contribution in [0.1, 0.15) is 9.67 Å². The lowest BCUT2D eigenvalue weighted by atomic mass is 10.4. The van der Waals surface area contributed by atoms with Gasteiger partial charge in [-0.05, 0) is 31.9 Å². The Morgan fingerprint density at radius 3 is 2.67 bits per heavy atom. The number of carbonyl (C=O) groups is 1. The van der Waals surface area contributed by atoms with Gasteiger partial charge >= 0.3 is 0 Å². The number of amides is 1. The summed E-state index contributed by atoms with van der Waals surface area (Å²) in [5.74, 6) is -1.23. The second-order valence-corrected chi connectivity index (χ2v) is 5.74. The number of halogens is 3. The minimum Gasteiger partial charge on any atom is -0.377 e. The summed E-state index contributed by atoms with van der Waals surface area (Å²) in [6, 6.07) is 0. The number of carbonyl (C=O) groups excluding carboxylic acids is 1. The molecule has 1 aromatic heterocycles. The van der Waals surface area contributed by atoms with Gasteiger partial charge in [0.2, 0.25) is 0 Å². The molecule has 8 heteroatoms. The Balaban J connectivity index is 2.78. The van der Waals surface area contributed by atoms with E-state index in [-0.39, 0.29) is 15.9 Å². The zero-order valence-corrected chi connectivity index (χ0v) is 11.2. The van der Waals surface area contributed by atoms with Crippen LogP contribution < -0.4 is 11.1 Å². The molecule has 1 unspecified atom stereocenters. The Morgan fingerprint density at radius 2 is 2.27 bits per heavy atom. The number of nitrogens with two attached hydrogens (primary N) is 1. The van der Waals surface area contributed by atoms with Crippen molar-refractivity contribution in [1.29, 1.82) is 0 Å². The molecule has 0 saturated carbocycles. The van der Waals surface area contributed by atoms with Gasteiger partial charge in [0.15, 0.2) is 5.82 Å². The van der Waals surface area contributed by atoms with Crippen LogP contribution in [0, 0.1) is 5.82 Å². The standard InChI is InChI=1S/C7H7Br2FN2O2S/c8-3-4(10)5(15-6(3)9)7(14)12-1-2(11)13/h2,13H,1,11H2,(H,12,14). The smallest absolute Gasteiger partial charge is 0.264 e. The van der Waals surface area contributed by atoms with Crippen LogP contribution in [0.15, 0.2) is 8.26 Å². The van der Waals surface area contributed by atoms with Crippen LogP contribution >= 0.6 is 43.2 Å². The Kier molecular flexibility index (Phi) is 4.65. The van der Waals surface area contributed by atoms with Gasteiger partial charge in [0.05, 0.1) is 14.8 Å². The van der Waals surface area contributed by atoms with Crippen LogP contribution in [-0.2, 0) is 0 Å². The summed E-state index contributed by atoms with van der Waals surface area (Å²) in [6.45, 7) is -0.120. The molecule has 1 aromatic rings. The molecule has 0 aliphatic carbocycles. The van der Waals surface area contributed by atoms with E-state index in [1.807, 2.05) is 0 Å². The van der Waals surface area contributed by atoms with Crippen LogP contribution in [0.25, 0.3) is 0 Å². The highest BCUT2D eigenvalue weighted by Crippen LogP contribution is 2.35. The van der Waals surface area contributed by atoms with Crippen molar-refractivity contribution in [1.82, 2.24) is 5.32 Å². The highest BCUT2D eigenvalue weighted by molar-refractivity contribution is 9.13.